The zero-order valence-electron chi connectivity index (χ0n) is 17.5. The summed E-state index contributed by atoms with van der Waals surface area (Å²) in [4.78, 5) is 4.51. The van der Waals surface area contributed by atoms with Crippen LogP contribution in [-0.2, 0) is 16.4 Å². The number of ether oxygens (including phenoxy) is 1. The molecular weight excluding hydrogens is 448 g/mol. The summed E-state index contributed by atoms with van der Waals surface area (Å²) in [6, 6.07) is 21.9. The van der Waals surface area contributed by atoms with Gasteiger partial charge in [-0.3, -0.25) is 9.71 Å². The molecule has 1 aliphatic rings. The van der Waals surface area contributed by atoms with Crippen LogP contribution in [0.15, 0.2) is 82.7 Å². The Morgan fingerprint density at radius 3 is 2.03 bits per heavy atom. The van der Waals surface area contributed by atoms with Gasteiger partial charge in [-0.05, 0) is 66.1 Å². The number of halogens is 1. The highest BCUT2D eigenvalue weighted by atomic mass is 35.5. The van der Waals surface area contributed by atoms with Gasteiger partial charge in [-0.25, -0.2) is 8.42 Å². The van der Waals surface area contributed by atoms with Gasteiger partial charge in [0, 0.05) is 17.9 Å². The van der Waals surface area contributed by atoms with E-state index in [1.807, 2.05) is 24.3 Å². The summed E-state index contributed by atoms with van der Waals surface area (Å²) >= 11 is 0. The van der Waals surface area contributed by atoms with Gasteiger partial charge in [0.2, 0.25) is 0 Å². The summed E-state index contributed by atoms with van der Waals surface area (Å²) < 4.78 is 32.8. The number of hydrogen-bond acceptors (Lipinski definition) is 6. The van der Waals surface area contributed by atoms with Crippen LogP contribution in [0.1, 0.15) is 11.1 Å². The predicted octanol–water partition coefficient (Wildman–Crippen LogP) is 3.88. The lowest BCUT2D eigenvalue weighted by molar-refractivity contribution is 0.414. The van der Waals surface area contributed by atoms with Crippen molar-refractivity contribution in [1.29, 1.82) is 0 Å². The first kappa shape index (κ1) is 23.4. The van der Waals surface area contributed by atoms with Crippen LogP contribution in [0.5, 0.6) is 5.75 Å². The van der Waals surface area contributed by atoms with E-state index in [0.29, 0.717) is 11.4 Å². The third-order valence-electron chi connectivity index (χ3n) is 4.87. The molecular formula is C23H25ClN4O3S. The van der Waals surface area contributed by atoms with Crippen LogP contribution in [0.4, 0.5) is 11.4 Å². The van der Waals surface area contributed by atoms with E-state index in [1.54, 1.807) is 24.3 Å². The molecule has 168 valence electrons. The molecule has 0 unspecified atom stereocenters. The molecule has 0 atom stereocenters. The van der Waals surface area contributed by atoms with Gasteiger partial charge in [-0.1, -0.05) is 24.3 Å². The van der Waals surface area contributed by atoms with Crippen molar-refractivity contribution in [2.24, 2.45) is 4.99 Å². The lowest BCUT2D eigenvalue weighted by atomic mass is 10.0. The highest BCUT2D eigenvalue weighted by Crippen LogP contribution is 2.20. The van der Waals surface area contributed by atoms with E-state index in [0.717, 1.165) is 36.7 Å². The van der Waals surface area contributed by atoms with Crippen LogP contribution in [0.2, 0.25) is 0 Å². The third kappa shape index (κ3) is 5.93. The summed E-state index contributed by atoms with van der Waals surface area (Å²) in [6.07, 6.45) is 0.755. The van der Waals surface area contributed by atoms with Crippen LogP contribution < -0.4 is 20.1 Å². The Bertz CT molecular complexity index is 1160. The Morgan fingerprint density at radius 2 is 1.50 bits per heavy atom. The molecule has 9 heteroatoms. The minimum Gasteiger partial charge on any atom is -0.497 e. The molecule has 3 aromatic rings. The zero-order chi connectivity index (χ0) is 21.7. The number of nitrogens with one attached hydrogen (secondary N) is 3. The number of hydrogen-bond donors (Lipinski definition) is 3. The van der Waals surface area contributed by atoms with Crippen LogP contribution >= 0.6 is 12.4 Å². The van der Waals surface area contributed by atoms with Gasteiger partial charge >= 0.3 is 0 Å². The van der Waals surface area contributed by atoms with Crippen LogP contribution in [-0.4, -0.2) is 34.6 Å². The Hall–Kier alpha value is -3.23. The molecule has 0 aliphatic carbocycles. The molecule has 3 N–H and O–H groups in total. The Balaban J connectivity index is 0.00000289. The number of methoxy groups -OCH3 is 1. The highest BCUT2D eigenvalue weighted by Gasteiger charge is 2.14. The molecule has 0 saturated carbocycles. The van der Waals surface area contributed by atoms with Gasteiger partial charge in [-0.15, -0.1) is 12.4 Å². The maximum absolute atomic E-state index is 12.6. The molecule has 0 bridgehead atoms. The average Bonchev–Trinajstić information content (AvgIpc) is 3.29. The van der Waals surface area contributed by atoms with Gasteiger partial charge in [0.05, 0.1) is 18.6 Å². The lowest BCUT2D eigenvalue weighted by Gasteiger charge is -2.10. The Morgan fingerprint density at radius 1 is 0.906 bits per heavy atom. The number of sulfonamides is 1. The Labute approximate surface area is 194 Å². The molecule has 4 rings (SSSR count). The van der Waals surface area contributed by atoms with E-state index in [-0.39, 0.29) is 17.3 Å². The molecule has 0 fully saturated rings. The van der Waals surface area contributed by atoms with E-state index in [4.69, 9.17) is 4.74 Å². The average molecular weight is 473 g/mol. The number of rotatable bonds is 7. The van der Waals surface area contributed by atoms with Gasteiger partial charge in [0.1, 0.15) is 5.75 Å². The Kier molecular flexibility index (Phi) is 7.61. The minimum absolute atomic E-state index is 0. The second-order valence-electron chi connectivity index (χ2n) is 7.13. The maximum atomic E-state index is 12.6. The van der Waals surface area contributed by atoms with Crippen molar-refractivity contribution in [3.63, 3.8) is 0 Å². The zero-order valence-corrected chi connectivity index (χ0v) is 19.2. The van der Waals surface area contributed by atoms with Crippen molar-refractivity contribution in [2.45, 2.75) is 11.3 Å². The van der Waals surface area contributed by atoms with Crippen molar-refractivity contribution >= 4 is 39.8 Å². The first-order valence-corrected chi connectivity index (χ1v) is 11.4. The number of benzene rings is 3. The smallest absolute Gasteiger partial charge is 0.261 e. The van der Waals surface area contributed by atoms with Gasteiger partial charge in [-0.2, -0.15) is 0 Å². The molecule has 1 aliphatic heterocycles. The normalized spacial score (nSPS) is 12.8. The van der Waals surface area contributed by atoms with E-state index in [9.17, 15) is 8.42 Å². The lowest BCUT2D eigenvalue weighted by Crippen LogP contribution is -2.26. The first-order valence-electron chi connectivity index (χ1n) is 9.92. The molecule has 0 aromatic heterocycles. The predicted molar refractivity (Wildman–Crippen MR) is 131 cm³/mol. The molecule has 0 radical (unpaired) electrons. The summed E-state index contributed by atoms with van der Waals surface area (Å²) in [5.41, 5.74) is 3.76. The number of guanidine groups is 1. The number of aliphatic imine (C=N–C) groups is 1. The van der Waals surface area contributed by atoms with Gasteiger partial charge < -0.3 is 15.4 Å². The van der Waals surface area contributed by atoms with Crippen molar-refractivity contribution in [3.05, 3.63) is 83.9 Å². The summed E-state index contributed by atoms with van der Waals surface area (Å²) in [7, 11) is -2.11. The highest BCUT2D eigenvalue weighted by molar-refractivity contribution is 7.92. The quantitative estimate of drug-likeness (QED) is 0.485. The van der Waals surface area contributed by atoms with E-state index in [2.05, 4.69) is 32.5 Å². The molecule has 7 nitrogen and oxygen atoms in total. The van der Waals surface area contributed by atoms with Crippen molar-refractivity contribution in [3.8, 4) is 5.75 Å². The van der Waals surface area contributed by atoms with Crippen LogP contribution in [0.25, 0.3) is 0 Å². The van der Waals surface area contributed by atoms with Crippen LogP contribution in [0, 0.1) is 0 Å². The largest absolute Gasteiger partial charge is 0.497 e. The van der Waals surface area contributed by atoms with Gasteiger partial charge in [0.15, 0.2) is 5.96 Å². The van der Waals surface area contributed by atoms with E-state index in [1.165, 1.54) is 24.8 Å². The fraction of sp³-hybridized carbons (Fsp3) is 0.174. The molecule has 0 spiro atoms. The fourth-order valence-corrected chi connectivity index (χ4v) is 4.28. The van der Waals surface area contributed by atoms with E-state index < -0.39 is 10.0 Å². The third-order valence-corrected chi connectivity index (χ3v) is 6.27. The number of anilines is 2. The monoisotopic (exact) mass is 472 g/mol. The SMILES string of the molecule is COc1ccc(S(=O)(=O)Nc2ccc(Cc3ccc(NC4=NCCN4)cc3)cc2)cc1.Cl. The second kappa shape index (κ2) is 10.4. The van der Waals surface area contributed by atoms with Crippen molar-refractivity contribution in [1.82, 2.24) is 5.32 Å². The minimum atomic E-state index is -3.65. The standard InChI is InChI=1S/C23H24N4O3S.ClH/c1-30-21-10-12-22(13-11-21)31(28,29)27-20-8-4-18(5-9-20)16-17-2-6-19(7-3-17)26-23-24-14-15-25-23;/h2-13,27H,14-16H2,1H3,(H2,24,25,26);1H. The topological polar surface area (TPSA) is 91.8 Å². The van der Waals surface area contributed by atoms with Crippen LogP contribution in [0.3, 0.4) is 0 Å². The fourth-order valence-electron chi connectivity index (χ4n) is 3.22. The molecule has 32 heavy (non-hydrogen) atoms. The maximum Gasteiger partial charge on any atom is 0.261 e. The van der Waals surface area contributed by atoms with Gasteiger partial charge in [0.25, 0.3) is 10.0 Å². The van der Waals surface area contributed by atoms with Crippen molar-refractivity contribution < 1.29 is 13.2 Å². The molecule has 1 heterocycles. The second-order valence-corrected chi connectivity index (χ2v) is 8.82. The molecule has 0 saturated heterocycles. The first-order chi connectivity index (χ1) is 15.0. The summed E-state index contributed by atoms with van der Waals surface area (Å²) in [5.74, 6) is 1.41. The summed E-state index contributed by atoms with van der Waals surface area (Å²) in [5, 5.41) is 6.43. The van der Waals surface area contributed by atoms with Crippen molar-refractivity contribution in [2.75, 3.05) is 30.2 Å². The number of nitrogens with zero attached hydrogens (tertiary/aromatic N) is 1. The molecule has 3 aromatic carbocycles. The molecule has 0 amide bonds. The van der Waals surface area contributed by atoms with E-state index >= 15 is 0 Å². The summed E-state index contributed by atoms with van der Waals surface area (Å²) in [6.45, 7) is 1.67.